The molecule has 1 rings (SSSR count). The highest BCUT2D eigenvalue weighted by Crippen LogP contribution is 2.20. The molecule has 0 unspecified atom stereocenters. The lowest BCUT2D eigenvalue weighted by Crippen LogP contribution is -2.37. The molecule has 0 heterocycles. The molecule has 1 aromatic carbocycles. The minimum atomic E-state index is 0.652. The molecule has 6 heteroatoms. The Hall–Kier alpha value is -1.79. The molecule has 0 atom stereocenters. The van der Waals surface area contributed by atoms with Gasteiger partial charge in [0.15, 0.2) is 5.96 Å². The standard InChI is InChI=1S/C20H35N3O3/c1-17-9-10-18(19(15-17)26-14-8-13-25-4)16-23-20(21-2)22-11-6-5-7-12-24-3/h9-10,15H,5-8,11-14,16H2,1-4H3,(H2,21,22,23). The third-order valence-electron chi connectivity index (χ3n) is 3.96. The van der Waals surface area contributed by atoms with Gasteiger partial charge in [-0.25, -0.2) is 0 Å². The molecule has 0 aromatic heterocycles. The lowest BCUT2D eigenvalue weighted by Gasteiger charge is -2.15. The van der Waals surface area contributed by atoms with E-state index in [-0.39, 0.29) is 0 Å². The van der Waals surface area contributed by atoms with Crippen molar-refractivity contribution < 1.29 is 14.2 Å². The van der Waals surface area contributed by atoms with Crippen LogP contribution in [0.2, 0.25) is 0 Å². The molecule has 0 saturated carbocycles. The number of unbranched alkanes of at least 4 members (excludes halogenated alkanes) is 2. The van der Waals surface area contributed by atoms with Crippen LogP contribution in [0.1, 0.15) is 36.8 Å². The summed E-state index contributed by atoms with van der Waals surface area (Å²) in [5.41, 5.74) is 2.31. The molecule has 0 spiro atoms. The third kappa shape index (κ3) is 9.63. The summed E-state index contributed by atoms with van der Waals surface area (Å²) in [5.74, 6) is 1.73. The first-order chi connectivity index (χ1) is 12.7. The van der Waals surface area contributed by atoms with Crippen LogP contribution in [0.15, 0.2) is 23.2 Å². The monoisotopic (exact) mass is 365 g/mol. The van der Waals surface area contributed by atoms with E-state index in [1.165, 1.54) is 5.56 Å². The molecule has 0 fully saturated rings. The first-order valence-corrected chi connectivity index (χ1v) is 9.36. The number of hydrogen-bond acceptors (Lipinski definition) is 4. The summed E-state index contributed by atoms with van der Waals surface area (Å²) in [6, 6.07) is 6.28. The number of nitrogens with one attached hydrogen (secondary N) is 2. The average molecular weight is 366 g/mol. The Balaban J connectivity index is 2.43. The summed E-state index contributed by atoms with van der Waals surface area (Å²) in [6.07, 6.45) is 4.22. The zero-order chi connectivity index (χ0) is 19.0. The molecule has 2 N–H and O–H groups in total. The molecule has 0 aliphatic carbocycles. The van der Waals surface area contributed by atoms with Crippen molar-refractivity contribution in [3.05, 3.63) is 29.3 Å². The number of ether oxygens (including phenoxy) is 3. The summed E-state index contributed by atoms with van der Waals surface area (Å²) < 4.78 is 16.1. The summed E-state index contributed by atoms with van der Waals surface area (Å²) >= 11 is 0. The van der Waals surface area contributed by atoms with Crippen LogP contribution in [0.25, 0.3) is 0 Å². The second-order valence-electron chi connectivity index (χ2n) is 6.21. The van der Waals surface area contributed by atoms with Crippen molar-refractivity contribution >= 4 is 5.96 Å². The molecule has 0 bridgehead atoms. The predicted molar refractivity (Wildman–Crippen MR) is 107 cm³/mol. The van der Waals surface area contributed by atoms with E-state index in [1.54, 1.807) is 21.3 Å². The van der Waals surface area contributed by atoms with Crippen LogP contribution in [0.4, 0.5) is 0 Å². The normalized spacial score (nSPS) is 11.5. The highest BCUT2D eigenvalue weighted by atomic mass is 16.5. The van der Waals surface area contributed by atoms with E-state index >= 15 is 0 Å². The number of aryl methyl sites for hydroxylation is 1. The van der Waals surface area contributed by atoms with Crippen molar-refractivity contribution in [3.8, 4) is 5.75 Å². The SMILES string of the molecule is CN=C(NCCCCCOC)NCc1ccc(C)cc1OCCCOC. The Morgan fingerprint density at radius 3 is 2.46 bits per heavy atom. The quantitative estimate of drug-likeness (QED) is 0.320. The van der Waals surface area contributed by atoms with Crippen LogP contribution in [-0.2, 0) is 16.0 Å². The van der Waals surface area contributed by atoms with Gasteiger partial charge in [0.25, 0.3) is 0 Å². The number of methoxy groups -OCH3 is 2. The van der Waals surface area contributed by atoms with Gasteiger partial charge in [0, 0.05) is 59.6 Å². The van der Waals surface area contributed by atoms with Crippen LogP contribution in [0, 0.1) is 6.92 Å². The van der Waals surface area contributed by atoms with Crippen LogP contribution in [0.3, 0.4) is 0 Å². The molecule has 0 amide bonds. The molecule has 0 radical (unpaired) electrons. The van der Waals surface area contributed by atoms with E-state index in [1.807, 2.05) is 0 Å². The minimum absolute atomic E-state index is 0.652. The van der Waals surface area contributed by atoms with Gasteiger partial charge in [-0.2, -0.15) is 0 Å². The van der Waals surface area contributed by atoms with Gasteiger partial charge in [0.05, 0.1) is 6.61 Å². The van der Waals surface area contributed by atoms with Gasteiger partial charge in [0.2, 0.25) is 0 Å². The summed E-state index contributed by atoms with van der Waals surface area (Å²) in [4.78, 5) is 4.28. The Labute approximate surface area is 158 Å². The maximum atomic E-state index is 5.93. The predicted octanol–water partition coefficient (Wildman–Crippen LogP) is 2.89. The number of rotatable bonds is 13. The fourth-order valence-corrected chi connectivity index (χ4v) is 2.48. The van der Waals surface area contributed by atoms with E-state index in [4.69, 9.17) is 14.2 Å². The highest BCUT2D eigenvalue weighted by molar-refractivity contribution is 5.79. The van der Waals surface area contributed by atoms with E-state index in [0.29, 0.717) is 19.8 Å². The van der Waals surface area contributed by atoms with Gasteiger partial charge < -0.3 is 24.8 Å². The lowest BCUT2D eigenvalue weighted by molar-refractivity contribution is 0.172. The number of aliphatic imine (C=N–C) groups is 1. The van der Waals surface area contributed by atoms with Gasteiger partial charge in [-0.15, -0.1) is 0 Å². The molecule has 6 nitrogen and oxygen atoms in total. The fraction of sp³-hybridized carbons (Fsp3) is 0.650. The Morgan fingerprint density at radius 2 is 1.73 bits per heavy atom. The number of nitrogens with zero attached hydrogens (tertiary/aromatic N) is 1. The van der Waals surface area contributed by atoms with Crippen molar-refractivity contribution in [1.29, 1.82) is 0 Å². The number of hydrogen-bond donors (Lipinski definition) is 2. The molecule has 0 aliphatic heterocycles. The van der Waals surface area contributed by atoms with Crippen LogP contribution >= 0.6 is 0 Å². The first kappa shape index (κ1) is 22.3. The van der Waals surface area contributed by atoms with Crippen molar-refractivity contribution in [2.75, 3.05) is 47.6 Å². The smallest absolute Gasteiger partial charge is 0.191 e. The van der Waals surface area contributed by atoms with E-state index in [0.717, 1.165) is 56.1 Å². The first-order valence-electron chi connectivity index (χ1n) is 9.36. The zero-order valence-corrected chi connectivity index (χ0v) is 16.8. The van der Waals surface area contributed by atoms with Crippen molar-refractivity contribution in [1.82, 2.24) is 10.6 Å². The Bertz CT molecular complexity index is 521. The molecule has 148 valence electrons. The minimum Gasteiger partial charge on any atom is -0.493 e. The van der Waals surface area contributed by atoms with Crippen molar-refractivity contribution in [2.45, 2.75) is 39.2 Å². The summed E-state index contributed by atoms with van der Waals surface area (Å²) in [7, 11) is 5.24. The van der Waals surface area contributed by atoms with Gasteiger partial charge in [0.1, 0.15) is 5.75 Å². The summed E-state index contributed by atoms with van der Waals surface area (Å²) in [6.45, 7) is 5.83. The molecular weight excluding hydrogens is 330 g/mol. The van der Waals surface area contributed by atoms with Crippen LogP contribution in [0.5, 0.6) is 5.75 Å². The van der Waals surface area contributed by atoms with E-state index in [2.05, 4.69) is 40.7 Å². The topological polar surface area (TPSA) is 64.1 Å². The Kier molecular flexibility index (Phi) is 12.3. The largest absolute Gasteiger partial charge is 0.493 e. The molecule has 1 aromatic rings. The highest BCUT2D eigenvalue weighted by Gasteiger charge is 2.06. The van der Waals surface area contributed by atoms with Crippen molar-refractivity contribution in [3.63, 3.8) is 0 Å². The van der Waals surface area contributed by atoms with Gasteiger partial charge in [-0.1, -0.05) is 12.1 Å². The lowest BCUT2D eigenvalue weighted by atomic mass is 10.1. The zero-order valence-electron chi connectivity index (χ0n) is 16.8. The number of guanidine groups is 1. The molecule has 0 saturated heterocycles. The molecule has 0 aliphatic rings. The van der Waals surface area contributed by atoms with Crippen LogP contribution in [-0.4, -0.2) is 53.6 Å². The van der Waals surface area contributed by atoms with Crippen molar-refractivity contribution in [2.24, 2.45) is 4.99 Å². The van der Waals surface area contributed by atoms with Gasteiger partial charge in [-0.05, 0) is 37.8 Å². The maximum Gasteiger partial charge on any atom is 0.191 e. The molecular formula is C20H35N3O3. The maximum absolute atomic E-state index is 5.93. The average Bonchev–Trinajstić information content (AvgIpc) is 2.65. The van der Waals surface area contributed by atoms with Crippen LogP contribution < -0.4 is 15.4 Å². The second kappa shape index (κ2) is 14.4. The van der Waals surface area contributed by atoms with Gasteiger partial charge in [-0.3, -0.25) is 4.99 Å². The second-order valence-corrected chi connectivity index (χ2v) is 6.21. The van der Waals surface area contributed by atoms with E-state index < -0.39 is 0 Å². The fourth-order valence-electron chi connectivity index (χ4n) is 2.48. The molecule has 26 heavy (non-hydrogen) atoms. The van der Waals surface area contributed by atoms with E-state index in [9.17, 15) is 0 Å². The van der Waals surface area contributed by atoms with Gasteiger partial charge >= 0.3 is 0 Å². The summed E-state index contributed by atoms with van der Waals surface area (Å²) in [5, 5.41) is 6.71. The number of benzene rings is 1. The Morgan fingerprint density at radius 1 is 0.962 bits per heavy atom. The third-order valence-corrected chi connectivity index (χ3v) is 3.96.